The lowest BCUT2D eigenvalue weighted by molar-refractivity contribution is -0.133. The number of piperidine rings is 3. The molecular weight excluding hydrogens is 528 g/mol. The second kappa shape index (κ2) is 13.4. The second-order valence-corrected chi connectivity index (χ2v) is 12.8. The normalized spacial score (nSPS) is 22.8. The molecule has 3 N–H and O–H groups in total. The molecule has 0 bridgehead atoms. The van der Waals surface area contributed by atoms with Crippen LogP contribution in [0.4, 0.5) is 17.5 Å². The van der Waals surface area contributed by atoms with Crippen molar-refractivity contribution in [1.29, 1.82) is 0 Å². The van der Waals surface area contributed by atoms with Crippen molar-refractivity contribution in [3.05, 3.63) is 35.5 Å². The molecular formula is C32H46N8O2. The number of nitrogens with two attached hydrogens (primary N) is 1. The summed E-state index contributed by atoms with van der Waals surface area (Å²) in [6.45, 7) is 5.64. The quantitative estimate of drug-likeness (QED) is 0.474. The number of likely N-dealkylation sites (tertiary alicyclic amines) is 2. The zero-order chi connectivity index (χ0) is 28.9. The van der Waals surface area contributed by atoms with Crippen molar-refractivity contribution in [1.82, 2.24) is 25.0 Å². The Bertz CT molecular complexity index is 1220. The number of aromatic nitrogens is 3. The summed E-state index contributed by atoms with van der Waals surface area (Å²) in [7, 11) is 0. The number of anilines is 3. The van der Waals surface area contributed by atoms with E-state index in [-0.39, 0.29) is 17.5 Å². The molecule has 1 aromatic heterocycles. The third-order valence-electron chi connectivity index (χ3n) is 9.90. The molecule has 0 unspecified atom stereocenters. The van der Waals surface area contributed by atoms with Crippen molar-refractivity contribution in [2.75, 3.05) is 49.5 Å². The fraction of sp³-hybridized carbons (Fsp3) is 0.656. The molecule has 1 atom stereocenters. The fourth-order valence-corrected chi connectivity index (χ4v) is 7.48. The van der Waals surface area contributed by atoms with Crippen molar-refractivity contribution in [3.8, 4) is 0 Å². The first-order chi connectivity index (χ1) is 20.5. The number of primary amides is 1. The number of carbonyl (C=O) groups excluding carboxylic acids is 2. The van der Waals surface area contributed by atoms with E-state index in [1.807, 2.05) is 17.0 Å². The van der Waals surface area contributed by atoms with Gasteiger partial charge in [-0.2, -0.15) is 4.98 Å². The molecule has 226 valence electrons. The summed E-state index contributed by atoms with van der Waals surface area (Å²) in [4.78, 5) is 36.6. The Balaban J connectivity index is 1.09. The van der Waals surface area contributed by atoms with Crippen LogP contribution in [0, 0.1) is 5.92 Å². The minimum Gasteiger partial charge on any atom is -0.364 e. The molecule has 1 aliphatic carbocycles. The highest BCUT2D eigenvalue weighted by Crippen LogP contribution is 2.33. The minimum absolute atomic E-state index is 0.0240. The number of nitrogens with zero attached hydrogens (tertiary/aromatic N) is 6. The Labute approximate surface area is 249 Å². The van der Waals surface area contributed by atoms with Gasteiger partial charge >= 0.3 is 0 Å². The smallest absolute Gasteiger partial charge is 0.273 e. The van der Waals surface area contributed by atoms with E-state index in [4.69, 9.17) is 10.7 Å². The molecule has 6 rings (SSSR count). The van der Waals surface area contributed by atoms with Crippen molar-refractivity contribution in [2.24, 2.45) is 11.7 Å². The van der Waals surface area contributed by atoms with E-state index >= 15 is 0 Å². The van der Waals surface area contributed by atoms with Gasteiger partial charge in [0.15, 0.2) is 11.5 Å². The Morgan fingerprint density at radius 2 is 1.57 bits per heavy atom. The second-order valence-electron chi connectivity index (χ2n) is 12.8. The first-order valence-corrected chi connectivity index (χ1v) is 16.2. The molecule has 10 heteroatoms. The van der Waals surface area contributed by atoms with Crippen molar-refractivity contribution < 1.29 is 9.59 Å². The van der Waals surface area contributed by atoms with Crippen LogP contribution >= 0.6 is 0 Å². The van der Waals surface area contributed by atoms with Crippen LogP contribution in [0.15, 0.2) is 24.3 Å². The average molecular weight is 575 g/mol. The molecule has 0 spiro atoms. The number of hydrogen-bond donors (Lipinski definition) is 2. The van der Waals surface area contributed by atoms with Gasteiger partial charge in [0.05, 0.1) is 0 Å². The summed E-state index contributed by atoms with van der Waals surface area (Å²) in [5.41, 5.74) is 7.86. The monoisotopic (exact) mass is 574 g/mol. The number of carbonyl (C=O) groups is 2. The van der Waals surface area contributed by atoms with Crippen LogP contribution in [0.25, 0.3) is 0 Å². The van der Waals surface area contributed by atoms with Crippen molar-refractivity contribution in [2.45, 2.75) is 89.0 Å². The highest BCUT2D eigenvalue weighted by atomic mass is 16.2. The van der Waals surface area contributed by atoms with Gasteiger partial charge in [-0.25, -0.2) is 0 Å². The topological polar surface area (TPSA) is 121 Å². The molecule has 3 aliphatic heterocycles. The van der Waals surface area contributed by atoms with E-state index in [1.54, 1.807) is 0 Å². The third-order valence-corrected chi connectivity index (χ3v) is 9.90. The Morgan fingerprint density at radius 3 is 2.29 bits per heavy atom. The number of amides is 2. The summed E-state index contributed by atoms with van der Waals surface area (Å²) in [5.74, 6) is 1.20. The molecule has 1 saturated carbocycles. The van der Waals surface area contributed by atoms with Gasteiger partial charge in [0.1, 0.15) is 0 Å². The maximum absolute atomic E-state index is 12.9. The lowest BCUT2D eigenvalue weighted by Gasteiger charge is -2.36. The van der Waals surface area contributed by atoms with Crippen molar-refractivity contribution in [3.63, 3.8) is 0 Å². The first kappa shape index (κ1) is 28.8. The van der Waals surface area contributed by atoms with E-state index in [1.165, 1.54) is 63.6 Å². The van der Waals surface area contributed by atoms with Gasteiger partial charge in [-0.05, 0) is 100 Å². The molecule has 4 fully saturated rings. The minimum atomic E-state index is -0.668. The van der Waals surface area contributed by atoms with Crippen LogP contribution in [0.5, 0.6) is 0 Å². The van der Waals surface area contributed by atoms with Crippen molar-refractivity contribution >= 4 is 29.3 Å². The molecule has 4 aliphatic rings. The molecule has 2 amide bonds. The molecule has 2 aromatic rings. The number of rotatable bonds is 8. The zero-order valence-corrected chi connectivity index (χ0v) is 24.8. The number of nitrogens with one attached hydrogen (secondary N) is 1. The van der Waals surface area contributed by atoms with Crippen LogP contribution in [-0.4, -0.2) is 82.1 Å². The predicted molar refractivity (Wildman–Crippen MR) is 164 cm³/mol. The lowest BCUT2D eigenvalue weighted by Crippen LogP contribution is -2.41. The van der Waals surface area contributed by atoms with Crippen LogP contribution in [0.1, 0.15) is 99.0 Å². The van der Waals surface area contributed by atoms with Gasteiger partial charge in [-0.3, -0.25) is 9.59 Å². The molecule has 0 radical (unpaired) electrons. The largest absolute Gasteiger partial charge is 0.364 e. The van der Waals surface area contributed by atoms with Crippen LogP contribution in [0.3, 0.4) is 0 Å². The van der Waals surface area contributed by atoms with Crippen LogP contribution in [0.2, 0.25) is 0 Å². The maximum atomic E-state index is 12.9. The van der Waals surface area contributed by atoms with Crippen LogP contribution in [-0.2, 0) is 4.79 Å². The predicted octanol–water partition coefficient (Wildman–Crippen LogP) is 4.46. The Kier molecular flexibility index (Phi) is 9.17. The van der Waals surface area contributed by atoms with Crippen LogP contribution < -0.4 is 16.0 Å². The lowest BCUT2D eigenvalue weighted by atomic mass is 9.88. The molecule has 3 saturated heterocycles. The average Bonchev–Trinajstić information content (AvgIpc) is 3.57. The van der Waals surface area contributed by atoms with Gasteiger partial charge in [-0.1, -0.05) is 25.0 Å². The molecule has 4 heterocycles. The van der Waals surface area contributed by atoms with E-state index < -0.39 is 5.91 Å². The standard InChI is InChI=1S/C32H46N8O2/c33-30(42)29-31(34-26-12-10-24(11-13-26)25-14-19-38(20-15-25)27-8-2-3-9-27)35-32(37-36-29)40-18-6-7-23(22-40)21-28(41)39-16-4-1-5-17-39/h10-13,23,25,27H,1-9,14-22H2,(H2,33,42)(H,34,35,37)/t23-/m0/s1. The van der Waals surface area contributed by atoms with Gasteiger partial charge in [0, 0.05) is 44.3 Å². The molecule has 1 aromatic carbocycles. The van der Waals surface area contributed by atoms with Gasteiger partial charge < -0.3 is 25.8 Å². The highest BCUT2D eigenvalue weighted by Gasteiger charge is 2.29. The third kappa shape index (κ3) is 6.85. The summed E-state index contributed by atoms with van der Waals surface area (Å²) < 4.78 is 0. The summed E-state index contributed by atoms with van der Waals surface area (Å²) in [6, 6.07) is 9.28. The first-order valence-electron chi connectivity index (χ1n) is 16.2. The Hall–Kier alpha value is -3.27. The summed E-state index contributed by atoms with van der Waals surface area (Å²) in [6.07, 6.45) is 13.9. The van der Waals surface area contributed by atoms with E-state index in [0.717, 1.165) is 57.0 Å². The summed E-state index contributed by atoms with van der Waals surface area (Å²) in [5, 5.41) is 11.7. The van der Waals surface area contributed by atoms with E-state index in [0.29, 0.717) is 30.6 Å². The molecule has 42 heavy (non-hydrogen) atoms. The summed E-state index contributed by atoms with van der Waals surface area (Å²) >= 11 is 0. The van der Waals surface area contributed by atoms with E-state index in [2.05, 4.69) is 37.4 Å². The molecule has 10 nitrogen and oxygen atoms in total. The van der Waals surface area contributed by atoms with Gasteiger partial charge in [0.2, 0.25) is 11.9 Å². The maximum Gasteiger partial charge on any atom is 0.273 e. The highest BCUT2D eigenvalue weighted by molar-refractivity contribution is 5.96. The number of hydrogen-bond acceptors (Lipinski definition) is 8. The fourth-order valence-electron chi connectivity index (χ4n) is 7.48. The van der Waals surface area contributed by atoms with E-state index in [9.17, 15) is 9.59 Å². The van der Waals surface area contributed by atoms with Gasteiger partial charge in [-0.15, -0.1) is 10.2 Å². The Morgan fingerprint density at radius 1 is 0.833 bits per heavy atom. The SMILES string of the molecule is NC(=O)c1nnc(N2CCC[C@@H](CC(=O)N3CCCCC3)C2)nc1Nc1ccc(C2CCN(C3CCCC3)CC2)cc1. The zero-order valence-electron chi connectivity index (χ0n) is 24.8. The van der Waals surface area contributed by atoms with Gasteiger partial charge in [0.25, 0.3) is 5.91 Å². The number of benzene rings is 1.